The predicted molar refractivity (Wildman–Crippen MR) is 50.0 cm³/mol. The molecule has 1 radical (unpaired) electrons. The SMILES string of the molecule is [CH2]C(O)N(CC)C(=O)OC(C)(C)C. The molecule has 0 aliphatic rings. The second kappa shape index (κ2) is 4.46. The molecule has 1 N–H and O–H groups in total. The van der Waals surface area contributed by atoms with Crippen molar-refractivity contribution in [3.05, 3.63) is 6.92 Å². The van der Waals surface area contributed by atoms with E-state index >= 15 is 0 Å². The van der Waals surface area contributed by atoms with Gasteiger partial charge in [0, 0.05) is 6.54 Å². The number of carbonyl (C=O) groups is 1. The summed E-state index contributed by atoms with van der Waals surface area (Å²) in [6.45, 7) is 10.8. The summed E-state index contributed by atoms with van der Waals surface area (Å²) in [5.41, 5.74) is -0.542. The van der Waals surface area contributed by atoms with E-state index in [1.165, 1.54) is 0 Å². The van der Waals surface area contributed by atoms with Gasteiger partial charge in [-0.05, 0) is 34.6 Å². The zero-order valence-corrected chi connectivity index (χ0v) is 8.70. The van der Waals surface area contributed by atoms with Crippen LogP contribution in [0.4, 0.5) is 4.79 Å². The number of ether oxygens (including phenoxy) is 1. The Morgan fingerprint density at radius 3 is 2.31 bits per heavy atom. The monoisotopic (exact) mass is 188 g/mol. The van der Waals surface area contributed by atoms with E-state index < -0.39 is 17.9 Å². The van der Waals surface area contributed by atoms with Crippen molar-refractivity contribution >= 4 is 6.09 Å². The maximum absolute atomic E-state index is 11.3. The second-order valence-electron chi connectivity index (χ2n) is 3.75. The number of hydrogen-bond donors (Lipinski definition) is 1. The van der Waals surface area contributed by atoms with Gasteiger partial charge in [-0.3, -0.25) is 4.90 Å². The Morgan fingerprint density at radius 1 is 1.62 bits per heavy atom. The average Bonchev–Trinajstić information content (AvgIpc) is 1.82. The van der Waals surface area contributed by atoms with E-state index in [1.54, 1.807) is 27.7 Å². The zero-order valence-electron chi connectivity index (χ0n) is 8.70. The fourth-order valence-electron chi connectivity index (χ4n) is 0.782. The Bertz CT molecular complexity index is 172. The summed E-state index contributed by atoms with van der Waals surface area (Å²) in [7, 11) is 0. The topological polar surface area (TPSA) is 49.8 Å². The quantitative estimate of drug-likeness (QED) is 0.666. The van der Waals surface area contributed by atoms with Crippen LogP contribution in [0, 0.1) is 6.92 Å². The first kappa shape index (κ1) is 12.2. The first-order valence-corrected chi connectivity index (χ1v) is 4.28. The molecule has 13 heavy (non-hydrogen) atoms. The van der Waals surface area contributed by atoms with Gasteiger partial charge in [0.25, 0.3) is 0 Å². The van der Waals surface area contributed by atoms with Crippen molar-refractivity contribution in [3.8, 4) is 0 Å². The van der Waals surface area contributed by atoms with Crippen LogP contribution in [0.25, 0.3) is 0 Å². The molecule has 0 saturated carbocycles. The third-order valence-corrected chi connectivity index (χ3v) is 1.33. The third kappa shape index (κ3) is 4.72. The molecule has 77 valence electrons. The number of aliphatic hydroxyl groups excluding tert-OH is 1. The van der Waals surface area contributed by atoms with Crippen LogP contribution in [0.15, 0.2) is 0 Å². The van der Waals surface area contributed by atoms with Crippen molar-refractivity contribution in [2.75, 3.05) is 6.54 Å². The van der Waals surface area contributed by atoms with Gasteiger partial charge < -0.3 is 9.84 Å². The smallest absolute Gasteiger partial charge is 0.412 e. The molecule has 0 saturated heterocycles. The molecule has 4 nitrogen and oxygen atoms in total. The highest BCUT2D eigenvalue weighted by atomic mass is 16.6. The summed E-state index contributed by atoms with van der Waals surface area (Å²) < 4.78 is 5.04. The molecular formula is C9H18NO3. The van der Waals surface area contributed by atoms with E-state index in [-0.39, 0.29) is 0 Å². The fraction of sp³-hybridized carbons (Fsp3) is 0.778. The summed E-state index contributed by atoms with van der Waals surface area (Å²) in [4.78, 5) is 12.5. The molecule has 0 aromatic heterocycles. The molecule has 0 spiro atoms. The van der Waals surface area contributed by atoms with Gasteiger partial charge in [-0.1, -0.05) is 0 Å². The van der Waals surface area contributed by atoms with E-state index in [0.29, 0.717) is 6.54 Å². The first-order valence-electron chi connectivity index (χ1n) is 4.28. The summed E-state index contributed by atoms with van der Waals surface area (Å²) in [6, 6.07) is 0. The summed E-state index contributed by atoms with van der Waals surface area (Å²) >= 11 is 0. The number of hydrogen-bond acceptors (Lipinski definition) is 3. The highest BCUT2D eigenvalue weighted by molar-refractivity contribution is 5.68. The van der Waals surface area contributed by atoms with Crippen LogP contribution in [-0.2, 0) is 4.74 Å². The number of aliphatic hydroxyl groups is 1. The van der Waals surface area contributed by atoms with Gasteiger partial charge in [0.05, 0.1) is 0 Å². The van der Waals surface area contributed by atoms with Crippen LogP contribution in [0.1, 0.15) is 27.7 Å². The Morgan fingerprint density at radius 2 is 2.08 bits per heavy atom. The molecule has 0 aromatic rings. The van der Waals surface area contributed by atoms with Crippen LogP contribution < -0.4 is 0 Å². The van der Waals surface area contributed by atoms with Crippen molar-refractivity contribution in [2.24, 2.45) is 0 Å². The standard InChI is InChI=1S/C9H18NO3/c1-6-10(7(2)11)8(12)13-9(3,4)5/h7,11H,2,6H2,1,3-5H3. The molecule has 1 unspecified atom stereocenters. The number of amides is 1. The Labute approximate surface area is 79.5 Å². The zero-order chi connectivity index (χ0) is 10.6. The second-order valence-corrected chi connectivity index (χ2v) is 3.75. The van der Waals surface area contributed by atoms with Gasteiger partial charge in [0.15, 0.2) is 0 Å². The minimum absolute atomic E-state index is 0.375. The number of rotatable bonds is 2. The van der Waals surface area contributed by atoms with Crippen LogP contribution in [0.5, 0.6) is 0 Å². The molecule has 0 fully saturated rings. The molecular weight excluding hydrogens is 170 g/mol. The van der Waals surface area contributed by atoms with E-state index in [9.17, 15) is 4.79 Å². The lowest BCUT2D eigenvalue weighted by Gasteiger charge is -2.28. The fourth-order valence-corrected chi connectivity index (χ4v) is 0.782. The van der Waals surface area contributed by atoms with E-state index in [0.717, 1.165) is 4.90 Å². The van der Waals surface area contributed by atoms with Crippen LogP contribution in [-0.4, -0.2) is 34.5 Å². The van der Waals surface area contributed by atoms with Crippen molar-refractivity contribution in [1.82, 2.24) is 4.90 Å². The highest BCUT2D eigenvalue weighted by Crippen LogP contribution is 2.10. The van der Waals surface area contributed by atoms with E-state index in [1.807, 2.05) is 0 Å². The molecule has 4 heteroatoms. The molecule has 0 heterocycles. The number of carbonyl (C=O) groups excluding carboxylic acids is 1. The largest absolute Gasteiger partial charge is 0.444 e. The first-order chi connectivity index (χ1) is 5.78. The van der Waals surface area contributed by atoms with Gasteiger partial charge >= 0.3 is 6.09 Å². The van der Waals surface area contributed by atoms with Crippen molar-refractivity contribution in [3.63, 3.8) is 0 Å². The average molecular weight is 188 g/mol. The van der Waals surface area contributed by atoms with E-state index in [2.05, 4.69) is 6.92 Å². The van der Waals surface area contributed by atoms with Gasteiger partial charge in [-0.25, -0.2) is 4.79 Å². The van der Waals surface area contributed by atoms with Crippen molar-refractivity contribution in [1.29, 1.82) is 0 Å². The minimum Gasteiger partial charge on any atom is -0.444 e. The van der Waals surface area contributed by atoms with Crippen LogP contribution in [0.3, 0.4) is 0 Å². The third-order valence-electron chi connectivity index (χ3n) is 1.33. The molecule has 0 aliphatic heterocycles. The summed E-state index contributed by atoms with van der Waals surface area (Å²) in [5.74, 6) is 0. The van der Waals surface area contributed by atoms with Crippen molar-refractivity contribution in [2.45, 2.75) is 39.5 Å². The lowest BCUT2D eigenvalue weighted by atomic mass is 10.2. The number of nitrogens with zero attached hydrogens (tertiary/aromatic N) is 1. The van der Waals surface area contributed by atoms with Crippen molar-refractivity contribution < 1.29 is 14.6 Å². The van der Waals surface area contributed by atoms with Crippen LogP contribution >= 0.6 is 0 Å². The minimum atomic E-state index is -1.06. The molecule has 0 aromatic carbocycles. The maximum atomic E-state index is 11.3. The molecule has 0 bridgehead atoms. The lowest BCUT2D eigenvalue weighted by Crippen LogP contribution is -2.42. The lowest BCUT2D eigenvalue weighted by molar-refractivity contribution is -0.0125. The maximum Gasteiger partial charge on any atom is 0.412 e. The van der Waals surface area contributed by atoms with Gasteiger partial charge in [0.2, 0.25) is 0 Å². The molecule has 0 aliphatic carbocycles. The summed E-state index contributed by atoms with van der Waals surface area (Å²) in [6.07, 6.45) is -1.60. The summed E-state index contributed by atoms with van der Waals surface area (Å²) in [5, 5.41) is 9.09. The van der Waals surface area contributed by atoms with Gasteiger partial charge in [0.1, 0.15) is 11.8 Å². The predicted octanol–water partition coefficient (Wildman–Crippen LogP) is 1.40. The van der Waals surface area contributed by atoms with E-state index in [4.69, 9.17) is 9.84 Å². The van der Waals surface area contributed by atoms with Crippen LogP contribution in [0.2, 0.25) is 0 Å². The Kier molecular flexibility index (Phi) is 4.20. The molecule has 1 amide bonds. The molecule has 0 rings (SSSR count). The normalized spacial score (nSPS) is 13.7. The Hall–Kier alpha value is -0.770. The molecule has 1 atom stereocenters. The van der Waals surface area contributed by atoms with Gasteiger partial charge in [-0.2, -0.15) is 0 Å². The highest BCUT2D eigenvalue weighted by Gasteiger charge is 2.23. The Balaban J connectivity index is 4.23. The van der Waals surface area contributed by atoms with Gasteiger partial charge in [-0.15, -0.1) is 0 Å².